The highest BCUT2D eigenvalue weighted by molar-refractivity contribution is 5.78. The van der Waals surface area contributed by atoms with E-state index in [1.54, 1.807) is 0 Å². The molecule has 0 unspecified atom stereocenters. The SMILES string of the molecule is CCCC(=O)CC1CC(N)C1. The second-order valence-electron chi connectivity index (χ2n) is 3.59. The lowest BCUT2D eigenvalue weighted by Crippen LogP contribution is -2.37. The van der Waals surface area contributed by atoms with E-state index in [-0.39, 0.29) is 0 Å². The fourth-order valence-electron chi connectivity index (χ4n) is 1.66. The zero-order valence-electron chi connectivity index (χ0n) is 7.18. The Hall–Kier alpha value is -0.370. The highest BCUT2D eigenvalue weighted by atomic mass is 16.1. The molecule has 0 saturated heterocycles. The van der Waals surface area contributed by atoms with Crippen LogP contribution in [0.3, 0.4) is 0 Å². The minimum absolute atomic E-state index is 0.384. The lowest BCUT2D eigenvalue weighted by molar-refractivity contribution is -0.120. The summed E-state index contributed by atoms with van der Waals surface area (Å²) in [4.78, 5) is 11.1. The first-order chi connectivity index (χ1) is 5.22. The van der Waals surface area contributed by atoms with E-state index in [2.05, 4.69) is 0 Å². The summed E-state index contributed by atoms with van der Waals surface area (Å²) in [5, 5.41) is 0. The zero-order chi connectivity index (χ0) is 8.27. The van der Waals surface area contributed by atoms with Crippen LogP contribution in [0.15, 0.2) is 0 Å². The zero-order valence-corrected chi connectivity index (χ0v) is 7.18. The minimum Gasteiger partial charge on any atom is -0.328 e. The fraction of sp³-hybridized carbons (Fsp3) is 0.889. The maximum atomic E-state index is 11.1. The Morgan fingerprint density at radius 1 is 1.55 bits per heavy atom. The minimum atomic E-state index is 0.384. The van der Waals surface area contributed by atoms with Gasteiger partial charge in [-0.15, -0.1) is 0 Å². The highest BCUT2D eigenvalue weighted by Gasteiger charge is 2.27. The van der Waals surface area contributed by atoms with E-state index in [1.165, 1.54) is 0 Å². The number of carbonyl (C=O) groups excluding carboxylic acids is 1. The van der Waals surface area contributed by atoms with E-state index in [0.29, 0.717) is 17.7 Å². The van der Waals surface area contributed by atoms with Crippen molar-refractivity contribution < 1.29 is 4.79 Å². The van der Waals surface area contributed by atoms with Crippen LogP contribution in [0.1, 0.15) is 39.0 Å². The standard InChI is InChI=1S/C9H17NO/c1-2-3-9(11)6-7-4-8(10)5-7/h7-8H,2-6,10H2,1H3. The molecule has 0 amide bonds. The van der Waals surface area contributed by atoms with Crippen molar-refractivity contribution in [3.05, 3.63) is 0 Å². The lowest BCUT2D eigenvalue weighted by atomic mass is 9.77. The summed E-state index contributed by atoms with van der Waals surface area (Å²) in [5.41, 5.74) is 5.61. The van der Waals surface area contributed by atoms with Crippen LogP contribution in [-0.4, -0.2) is 11.8 Å². The predicted molar refractivity (Wildman–Crippen MR) is 45.2 cm³/mol. The molecule has 0 bridgehead atoms. The highest BCUT2D eigenvalue weighted by Crippen LogP contribution is 2.29. The van der Waals surface area contributed by atoms with Crippen molar-refractivity contribution in [2.45, 2.75) is 45.1 Å². The molecular weight excluding hydrogens is 138 g/mol. The molecule has 0 aromatic carbocycles. The molecule has 0 aromatic rings. The first-order valence-corrected chi connectivity index (χ1v) is 4.49. The second kappa shape index (κ2) is 3.86. The molecule has 2 N–H and O–H groups in total. The number of ketones is 1. The quantitative estimate of drug-likeness (QED) is 0.668. The van der Waals surface area contributed by atoms with Gasteiger partial charge in [0.1, 0.15) is 5.78 Å². The summed E-state index contributed by atoms with van der Waals surface area (Å²) in [6, 6.07) is 0.384. The van der Waals surface area contributed by atoms with Crippen molar-refractivity contribution in [3.8, 4) is 0 Å². The molecule has 0 radical (unpaired) electrons. The van der Waals surface area contributed by atoms with Crippen molar-refractivity contribution in [2.24, 2.45) is 11.7 Å². The molecule has 1 aliphatic carbocycles. The van der Waals surface area contributed by atoms with Gasteiger partial charge >= 0.3 is 0 Å². The summed E-state index contributed by atoms with van der Waals surface area (Å²) < 4.78 is 0. The van der Waals surface area contributed by atoms with Gasteiger partial charge in [0.05, 0.1) is 0 Å². The molecule has 0 aliphatic heterocycles. The third-order valence-corrected chi connectivity index (χ3v) is 2.32. The first kappa shape index (κ1) is 8.72. The Bertz CT molecular complexity index is 138. The van der Waals surface area contributed by atoms with E-state index in [4.69, 9.17) is 5.73 Å². The molecule has 1 aliphatic rings. The molecule has 64 valence electrons. The van der Waals surface area contributed by atoms with Crippen molar-refractivity contribution in [1.29, 1.82) is 0 Å². The Kier molecular flexibility index (Phi) is 3.06. The molecule has 1 fully saturated rings. The molecule has 2 nitrogen and oxygen atoms in total. The third kappa shape index (κ3) is 2.62. The second-order valence-corrected chi connectivity index (χ2v) is 3.59. The number of Topliss-reactive ketones (excluding diaryl/α,β-unsaturated/α-hetero) is 1. The number of carbonyl (C=O) groups is 1. The van der Waals surface area contributed by atoms with Crippen LogP contribution in [0.25, 0.3) is 0 Å². The largest absolute Gasteiger partial charge is 0.328 e. The molecule has 11 heavy (non-hydrogen) atoms. The van der Waals surface area contributed by atoms with E-state index >= 15 is 0 Å². The smallest absolute Gasteiger partial charge is 0.133 e. The molecule has 0 spiro atoms. The van der Waals surface area contributed by atoms with E-state index < -0.39 is 0 Å². The Morgan fingerprint density at radius 2 is 2.18 bits per heavy atom. The van der Waals surface area contributed by atoms with Gasteiger partial charge in [-0.2, -0.15) is 0 Å². The molecule has 2 heteroatoms. The predicted octanol–water partition coefficient (Wildman–Crippen LogP) is 1.48. The topological polar surface area (TPSA) is 43.1 Å². The Balaban J connectivity index is 2.07. The summed E-state index contributed by atoms with van der Waals surface area (Å²) in [5.74, 6) is 1.04. The lowest BCUT2D eigenvalue weighted by Gasteiger charge is -2.31. The van der Waals surface area contributed by atoms with E-state index in [1.807, 2.05) is 6.92 Å². The first-order valence-electron chi connectivity index (χ1n) is 4.49. The van der Waals surface area contributed by atoms with Crippen molar-refractivity contribution in [2.75, 3.05) is 0 Å². The van der Waals surface area contributed by atoms with Crippen molar-refractivity contribution >= 4 is 5.78 Å². The number of hydrogen-bond donors (Lipinski definition) is 1. The molecule has 0 heterocycles. The maximum Gasteiger partial charge on any atom is 0.133 e. The molecule has 0 atom stereocenters. The van der Waals surface area contributed by atoms with Gasteiger partial charge in [0.15, 0.2) is 0 Å². The molecular formula is C9H17NO. The summed E-state index contributed by atoms with van der Waals surface area (Å²) in [7, 11) is 0. The average molecular weight is 155 g/mol. The molecule has 1 saturated carbocycles. The van der Waals surface area contributed by atoms with Gasteiger partial charge < -0.3 is 5.73 Å². The van der Waals surface area contributed by atoms with Crippen LogP contribution >= 0.6 is 0 Å². The van der Waals surface area contributed by atoms with Crippen LogP contribution in [0.5, 0.6) is 0 Å². The van der Waals surface area contributed by atoms with Gasteiger partial charge in [-0.3, -0.25) is 4.79 Å². The molecule has 0 aromatic heterocycles. The normalized spacial score (nSPS) is 29.6. The average Bonchev–Trinajstić information content (AvgIpc) is 1.85. The number of hydrogen-bond acceptors (Lipinski definition) is 2. The van der Waals surface area contributed by atoms with Crippen molar-refractivity contribution in [3.63, 3.8) is 0 Å². The van der Waals surface area contributed by atoms with Gasteiger partial charge in [-0.05, 0) is 25.2 Å². The Morgan fingerprint density at radius 3 is 2.64 bits per heavy atom. The fourth-order valence-corrected chi connectivity index (χ4v) is 1.66. The van der Waals surface area contributed by atoms with Gasteiger partial charge in [-0.1, -0.05) is 6.92 Å². The van der Waals surface area contributed by atoms with Gasteiger partial charge in [0.25, 0.3) is 0 Å². The number of rotatable bonds is 4. The number of nitrogens with two attached hydrogens (primary N) is 1. The van der Waals surface area contributed by atoms with Crippen molar-refractivity contribution in [1.82, 2.24) is 0 Å². The molecule has 1 rings (SSSR count). The third-order valence-electron chi connectivity index (χ3n) is 2.32. The van der Waals surface area contributed by atoms with Crippen LogP contribution in [-0.2, 0) is 4.79 Å². The van der Waals surface area contributed by atoms with Gasteiger partial charge in [0, 0.05) is 18.9 Å². The summed E-state index contributed by atoms with van der Waals surface area (Å²) >= 11 is 0. The van der Waals surface area contributed by atoms with Crippen LogP contribution in [0, 0.1) is 5.92 Å². The maximum absolute atomic E-state index is 11.1. The van der Waals surface area contributed by atoms with Crippen LogP contribution in [0.2, 0.25) is 0 Å². The van der Waals surface area contributed by atoms with E-state index in [0.717, 1.165) is 32.1 Å². The Labute approximate surface area is 68.2 Å². The van der Waals surface area contributed by atoms with E-state index in [9.17, 15) is 4.79 Å². The van der Waals surface area contributed by atoms with Crippen LogP contribution in [0.4, 0.5) is 0 Å². The van der Waals surface area contributed by atoms with Gasteiger partial charge in [-0.25, -0.2) is 0 Å². The summed E-state index contributed by atoms with van der Waals surface area (Å²) in [6.07, 6.45) is 4.65. The monoisotopic (exact) mass is 155 g/mol. The van der Waals surface area contributed by atoms with Gasteiger partial charge in [0.2, 0.25) is 0 Å². The summed E-state index contributed by atoms with van der Waals surface area (Å²) in [6.45, 7) is 2.05. The van der Waals surface area contributed by atoms with Crippen LogP contribution < -0.4 is 5.73 Å².